The van der Waals surface area contributed by atoms with E-state index in [9.17, 15) is 0 Å². The van der Waals surface area contributed by atoms with Gasteiger partial charge in [0.05, 0.1) is 20.3 Å². The van der Waals surface area contributed by atoms with Crippen molar-refractivity contribution in [2.75, 3.05) is 27.8 Å². The fraction of sp³-hybridized carbons (Fsp3) is 0.750. The van der Waals surface area contributed by atoms with Crippen LogP contribution in [0.1, 0.15) is 31.6 Å². The lowest BCUT2D eigenvalue weighted by molar-refractivity contribution is 0.141. The smallest absolute Gasteiger partial charge is 0.322 e. The second kappa shape index (κ2) is 5.48. The van der Waals surface area contributed by atoms with Crippen molar-refractivity contribution in [3.05, 3.63) is 5.82 Å². The Morgan fingerprint density at radius 3 is 2.28 bits per heavy atom. The number of ether oxygens (including phenoxy) is 2. The molecule has 0 spiro atoms. The van der Waals surface area contributed by atoms with E-state index in [2.05, 4.69) is 33.8 Å². The third-order valence-electron chi connectivity index (χ3n) is 3.41. The van der Waals surface area contributed by atoms with Crippen molar-refractivity contribution in [1.82, 2.24) is 19.9 Å². The predicted molar refractivity (Wildman–Crippen MR) is 66.7 cm³/mol. The fourth-order valence-electron chi connectivity index (χ4n) is 2.25. The molecule has 1 fully saturated rings. The first-order chi connectivity index (χ1) is 8.63. The van der Waals surface area contributed by atoms with Crippen LogP contribution in [0.2, 0.25) is 0 Å². The van der Waals surface area contributed by atoms with Gasteiger partial charge in [-0.1, -0.05) is 6.92 Å². The molecule has 6 nitrogen and oxygen atoms in total. The first-order valence-corrected chi connectivity index (χ1v) is 6.18. The van der Waals surface area contributed by atoms with Gasteiger partial charge in [0.1, 0.15) is 0 Å². The number of hydrogen-bond acceptors (Lipinski definition) is 6. The molecule has 1 saturated heterocycles. The van der Waals surface area contributed by atoms with Crippen LogP contribution in [0.15, 0.2) is 0 Å². The lowest BCUT2D eigenvalue weighted by Gasteiger charge is -2.34. The number of hydrogen-bond donors (Lipinski definition) is 0. The van der Waals surface area contributed by atoms with Gasteiger partial charge in [-0.3, -0.25) is 4.90 Å². The van der Waals surface area contributed by atoms with Crippen LogP contribution in [0.4, 0.5) is 0 Å². The topological polar surface area (TPSA) is 60.4 Å². The summed E-state index contributed by atoms with van der Waals surface area (Å²) in [5, 5.41) is 0. The van der Waals surface area contributed by atoms with Crippen molar-refractivity contribution in [2.24, 2.45) is 5.92 Å². The summed E-state index contributed by atoms with van der Waals surface area (Å²) in [6.07, 6.45) is 2.26. The molecule has 1 aromatic heterocycles. The average Bonchev–Trinajstić information content (AvgIpc) is 2.40. The van der Waals surface area contributed by atoms with Gasteiger partial charge < -0.3 is 9.47 Å². The van der Waals surface area contributed by atoms with Gasteiger partial charge in [0, 0.05) is 0 Å². The summed E-state index contributed by atoms with van der Waals surface area (Å²) >= 11 is 0. The molecular formula is C12H20N4O2. The molecule has 2 unspecified atom stereocenters. The third kappa shape index (κ3) is 2.69. The first kappa shape index (κ1) is 13.0. The van der Waals surface area contributed by atoms with Crippen molar-refractivity contribution >= 4 is 0 Å². The average molecular weight is 252 g/mol. The van der Waals surface area contributed by atoms with Gasteiger partial charge in [-0.15, -0.1) is 4.98 Å². The molecule has 100 valence electrons. The molecule has 0 radical (unpaired) electrons. The molecule has 0 bridgehead atoms. The zero-order valence-corrected chi connectivity index (χ0v) is 11.4. The van der Waals surface area contributed by atoms with Crippen LogP contribution in [0.25, 0.3) is 0 Å². The first-order valence-electron chi connectivity index (χ1n) is 6.18. The summed E-state index contributed by atoms with van der Waals surface area (Å²) in [4.78, 5) is 15.0. The second-order valence-corrected chi connectivity index (χ2v) is 4.79. The molecule has 1 aliphatic rings. The summed E-state index contributed by atoms with van der Waals surface area (Å²) in [5.74, 6) is 1.41. The minimum atomic E-state index is 0.208. The summed E-state index contributed by atoms with van der Waals surface area (Å²) in [7, 11) is 5.19. The van der Waals surface area contributed by atoms with E-state index < -0.39 is 0 Å². The maximum Gasteiger partial charge on any atom is 0.322 e. The fourth-order valence-corrected chi connectivity index (χ4v) is 2.25. The Bertz CT molecular complexity index is 391. The number of nitrogens with zero attached hydrogens (tertiary/aromatic N) is 4. The van der Waals surface area contributed by atoms with Gasteiger partial charge in [0.15, 0.2) is 5.82 Å². The molecule has 2 rings (SSSR count). The van der Waals surface area contributed by atoms with E-state index in [0.29, 0.717) is 17.9 Å². The molecular weight excluding hydrogens is 232 g/mol. The SMILES string of the molecule is COc1nc(OC)nc(C2CC(C)CCN2C)n1. The monoisotopic (exact) mass is 252 g/mol. The number of rotatable bonds is 3. The Balaban J connectivity index is 2.30. The molecule has 1 aromatic rings. The van der Waals surface area contributed by atoms with E-state index in [0.717, 1.165) is 18.8 Å². The third-order valence-corrected chi connectivity index (χ3v) is 3.41. The molecule has 0 aliphatic carbocycles. The van der Waals surface area contributed by atoms with Crippen molar-refractivity contribution in [1.29, 1.82) is 0 Å². The minimum absolute atomic E-state index is 0.208. The zero-order chi connectivity index (χ0) is 13.1. The molecule has 6 heteroatoms. The van der Waals surface area contributed by atoms with Gasteiger partial charge >= 0.3 is 12.0 Å². The van der Waals surface area contributed by atoms with Crippen molar-refractivity contribution in [3.63, 3.8) is 0 Å². The maximum absolute atomic E-state index is 5.09. The van der Waals surface area contributed by atoms with E-state index >= 15 is 0 Å². The highest BCUT2D eigenvalue weighted by molar-refractivity contribution is 5.09. The Hall–Kier alpha value is -1.43. The van der Waals surface area contributed by atoms with Crippen LogP contribution in [0.3, 0.4) is 0 Å². The number of aromatic nitrogens is 3. The van der Waals surface area contributed by atoms with Crippen molar-refractivity contribution in [2.45, 2.75) is 25.8 Å². The van der Waals surface area contributed by atoms with Gasteiger partial charge in [-0.05, 0) is 32.4 Å². The standard InChI is InChI=1S/C12H20N4O2/c1-8-5-6-16(2)9(7-8)10-13-11(17-3)15-12(14-10)18-4/h8-9H,5-7H2,1-4H3. The molecule has 18 heavy (non-hydrogen) atoms. The van der Waals surface area contributed by atoms with E-state index in [1.54, 1.807) is 14.2 Å². The van der Waals surface area contributed by atoms with E-state index in [1.165, 1.54) is 6.42 Å². The number of piperidine rings is 1. The van der Waals surface area contributed by atoms with Gasteiger partial charge in [-0.2, -0.15) is 9.97 Å². The Kier molecular flexibility index (Phi) is 3.96. The van der Waals surface area contributed by atoms with Crippen LogP contribution in [-0.2, 0) is 0 Å². The van der Waals surface area contributed by atoms with Crippen LogP contribution < -0.4 is 9.47 Å². The predicted octanol–water partition coefficient (Wildman–Crippen LogP) is 1.29. The van der Waals surface area contributed by atoms with Crippen LogP contribution in [0.5, 0.6) is 12.0 Å². The highest BCUT2D eigenvalue weighted by Crippen LogP contribution is 2.31. The Morgan fingerprint density at radius 1 is 1.11 bits per heavy atom. The van der Waals surface area contributed by atoms with Gasteiger partial charge in [0.2, 0.25) is 0 Å². The second-order valence-electron chi connectivity index (χ2n) is 4.79. The molecule has 2 atom stereocenters. The molecule has 0 saturated carbocycles. The molecule has 0 amide bonds. The summed E-state index contributed by atoms with van der Waals surface area (Å²) in [6, 6.07) is 0.825. The maximum atomic E-state index is 5.09. The lowest BCUT2D eigenvalue weighted by atomic mass is 9.92. The minimum Gasteiger partial charge on any atom is -0.467 e. The normalized spacial score (nSPS) is 24.9. The van der Waals surface area contributed by atoms with Crippen LogP contribution >= 0.6 is 0 Å². The Morgan fingerprint density at radius 2 is 1.72 bits per heavy atom. The molecule has 0 aromatic carbocycles. The zero-order valence-electron chi connectivity index (χ0n) is 11.4. The summed E-state index contributed by atoms with van der Waals surface area (Å²) in [6.45, 7) is 3.32. The van der Waals surface area contributed by atoms with Crippen molar-refractivity contribution < 1.29 is 9.47 Å². The quantitative estimate of drug-likeness (QED) is 0.808. The largest absolute Gasteiger partial charge is 0.467 e. The lowest BCUT2D eigenvalue weighted by Crippen LogP contribution is -2.34. The van der Waals surface area contributed by atoms with Crippen LogP contribution in [-0.4, -0.2) is 47.7 Å². The van der Waals surface area contributed by atoms with Gasteiger partial charge in [0.25, 0.3) is 0 Å². The molecule has 0 N–H and O–H groups in total. The summed E-state index contributed by atoms with van der Waals surface area (Å²) in [5.41, 5.74) is 0. The van der Waals surface area contributed by atoms with Crippen LogP contribution in [0, 0.1) is 5.92 Å². The summed E-state index contributed by atoms with van der Waals surface area (Å²) < 4.78 is 10.2. The number of methoxy groups -OCH3 is 2. The molecule has 2 heterocycles. The van der Waals surface area contributed by atoms with Gasteiger partial charge in [-0.25, -0.2) is 0 Å². The van der Waals surface area contributed by atoms with Crippen molar-refractivity contribution in [3.8, 4) is 12.0 Å². The van der Waals surface area contributed by atoms with E-state index in [1.807, 2.05) is 0 Å². The Labute approximate surface area is 107 Å². The highest BCUT2D eigenvalue weighted by atomic mass is 16.5. The molecule has 1 aliphatic heterocycles. The van der Waals surface area contributed by atoms with E-state index in [-0.39, 0.29) is 6.04 Å². The van der Waals surface area contributed by atoms with E-state index in [4.69, 9.17) is 9.47 Å². The highest BCUT2D eigenvalue weighted by Gasteiger charge is 2.28. The number of likely N-dealkylation sites (tertiary alicyclic amines) is 1.